The van der Waals surface area contributed by atoms with Crippen LogP contribution in [0.3, 0.4) is 0 Å². The lowest BCUT2D eigenvalue weighted by molar-refractivity contribution is -0.291. The Bertz CT molecular complexity index is 572. The number of cyclic esters (lactones) is 1. The van der Waals surface area contributed by atoms with Gasteiger partial charge in [0.2, 0.25) is 12.0 Å². The largest absolute Gasteiger partial charge is 0.505 e. The molecule has 12 heteroatoms. The predicted octanol–water partition coefficient (Wildman–Crippen LogP) is -3.58. The smallest absolute Gasteiger partial charge is 0.378 e. The fourth-order valence-corrected chi connectivity index (χ4v) is 2.40. The van der Waals surface area contributed by atoms with Crippen molar-refractivity contribution in [2.24, 2.45) is 0 Å². The van der Waals surface area contributed by atoms with Gasteiger partial charge in [0.1, 0.15) is 37.1 Å². The van der Waals surface area contributed by atoms with Gasteiger partial charge in [-0.2, -0.15) is 0 Å². The minimum atomic E-state index is -1.81. The third-order valence-electron chi connectivity index (χ3n) is 3.81. The van der Waals surface area contributed by atoms with Crippen LogP contribution in [0.25, 0.3) is 0 Å². The second kappa shape index (κ2) is 8.16. The Balaban J connectivity index is 2.11. The summed E-state index contributed by atoms with van der Waals surface area (Å²) in [5.74, 6) is -3.55. The number of carbonyl (C=O) groups is 2. The van der Waals surface area contributed by atoms with Crippen LogP contribution in [0.1, 0.15) is 6.92 Å². The molecule has 2 rings (SSSR count). The number of ether oxygens (including phenoxy) is 4. The van der Waals surface area contributed by atoms with Crippen LogP contribution in [0.2, 0.25) is 0 Å². The molecule has 2 aliphatic heterocycles. The lowest BCUT2D eigenvalue weighted by Crippen LogP contribution is -2.59. The van der Waals surface area contributed by atoms with Crippen LogP contribution in [0, 0.1) is 0 Å². The van der Waals surface area contributed by atoms with Gasteiger partial charge in [-0.05, 0) is 0 Å². The van der Waals surface area contributed by atoms with Crippen LogP contribution in [0.15, 0.2) is 11.5 Å². The van der Waals surface area contributed by atoms with E-state index in [9.17, 15) is 35.1 Å². The van der Waals surface area contributed by atoms with E-state index in [0.29, 0.717) is 0 Å². The summed E-state index contributed by atoms with van der Waals surface area (Å²) in [5, 5.41) is 58.2. The summed E-state index contributed by atoms with van der Waals surface area (Å²) in [5.41, 5.74) is 0. The number of rotatable bonds is 6. The van der Waals surface area contributed by atoms with E-state index in [2.05, 4.69) is 4.74 Å². The molecule has 0 saturated carbocycles. The lowest BCUT2D eigenvalue weighted by Gasteiger charge is -2.39. The fraction of sp³-hybridized carbons (Fsp3) is 0.714. The van der Waals surface area contributed by atoms with Gasteiger partial charge in [-0.1, -0.05) is 0 Å². The Morgan fingerprint density at radius 2 is 1.88 bits per heavy atom. The minimum Gasteiger partial charge on any atom is -0.505 e. The Morgan fingerprint density at radius 3 is 2.46 bits per heavy atom. The number of aliphatic hydroxyl groups is 6. The molecular formula is C14H20O12. The van der Waals surface area contributed by atoms with Crippen LogP contribution in [0.4, 0.5) is 0 Å². The molecule has 0 aliphatic carbocycles. The van der Waals surface area contributed by atoms with Gasteiger partial charge in [0.25, 0.3) is 0 Å². The Morgan fingerprint density at radius 1 is 1.23 bits per heavy atom. The first-order chi connectivity index (χ1) is 12.2. The van der Waals surface area contributed by atoms with Gasteiger partial charge in [-0.15, -0.1) is 0 Å². The molecular weight excluding hydrogens is 360 g/mol. The molecule has 1 fully saturated rings. The molecule has 3 unspecified atom stereocenters. The summed E-state index contributed by atoms with van der Waals surface area (Å²) < 4.78 is 19.4. The molecule has 0 bridgehead atoms. The van der Waals surface area contributed by atoms with Crippen LogP contribution >= 0.6 is 0 Å². The van der Waals surface area contributed by atoms with E-state index in [-0.39, 0.29) is 0 Å². The Hall–Kier alpha value is -1.96. The summed E-state index contributed by atoms with van der Waals surface area (Å²) in [4.78, 5) is 22.6. The highest BCUT2D eigenvalue weighted by Crippen LogP contribution is 2.29. The van der Waals surface area contributed by atoms with E-state index in [1.165, 1.54) is 0 Å². The molecule has 2 aliphatic rings. The van der Waals surface area contributed by atoms with Gasteiger partial charge in [-0.25, -0.2) is 4.79 Å². The topological polar surface area (TPSA) is 192 Å². The Labute approximate surface area is 146 Å². The number of esters is 2. The van der Waals surface area contributed by atoms with Crippen LogP contribution in [0.5, 0.6) is 0 Å². The molecule has 0 aromatic heterocycles. The second-order valence-corrected chi connectivity index (χ2v) is 5.73. The molecule has 2 heterocycles. The predicted molar refractivity (Wildman–Crippen MR) is 77.0 cm³/mol. The zero-order valence-corrected chi connectivity index (χ0v) is 13.6. The molecule has 0 spiro atoms. The molecule has 6 N–H and O–H groups in total. The number of carbonyl (C=O) groups excluding carboxylic acids is 2. The monoisotopic (exact) mass is 380 g/mol. The van der Waals surface area contributed by atoms with Crippen molar-refractivity contribution in [3.05, 3.63) is 11.5 Å². The van der Waals surface area contributed by atoms with Gasteiger partial charge in [0.05, 0.1) is 6.61 Å². The maximum absolute atomic E-state index is 11.8. The molecule has 0 amide bonds. The van der Waals surface area contributed by atoms with E-state index in [1.807, 2.05) is 0 Å². The number of aliphatic hydroxyl groups excluding tert-OH is 6. The van der Waals surface area contributed by atoms with Gasteiger partial charge < -0.3 is 49.6 Å². The van der Waals surface area contributed by atoms with Gasteiger partial charge in [0.15, 0.2) is 11.9 Å². The minimum absolute atomic E-state index is 0.565. The normalized spacial score (nSPS) is 35.8. The van der Waals surface area contributed by atoms with Crippen molar-refractivity contribution in [1.82, 2.24) is 0 Å². The molecule has 0 aromatic carbocycles. The molecule has 1 saturated heterocycles. The summed E-state index contributed by atoms with van der Waals surface area (Å²) in [6.07, 6.45) is -11.4. The van der Waals surface area contributed by atoms with Crippen molar-refractivity contribution < 1.29 is 59.2 Å². The average molecular weight is 380 g/mol. The average Bonchev–Trinajstić information content (AvgIpc) is 2.88. The van der Waals surface area contributed by atoms with Crippen LogP contribution in [-0.4, -0.2) is 98.7 Å². The summed E-state index contributed by atoms with van der Waals surface area (Å²) in [6, 6.07) is 0. The first kappa shape index (κ1) is 20.4. The molecule has 0 aromatic rings. The van der Waals surface area contributed by atoms with Crippen molar-refractivity contribution >= 4 is 11.9 Å². The van der Waals surface area contributed by atoms with Crippen molar-refractivity contribution in [2.75, 3.05) is 13.2 Å². The fourth-order valence-electron chi connectivity index (χ4n) is 2.40. The first-order valence-corrected chi connectivity index (χ1v) is 7.60. The Kier molecular flexibility index (Phi) is 6.39. The van der Waals surface area contributed by atoms with Crippen LogP contribution < -0.4 is 0 Å². The van der Waals surface area contributed by atoms with E-state index in [1.54, 1.807) is 0 Å². The zero-order valence-electron chi connectivity index (χ0n) is 13.6. The molecule has 0 radical (unpaired) electrons. The highest BCUT2D eigenvalue weighted by molar-refractivity contribution is 5.89. The maximum atomic E-state index is 11.8. The van der Waals surface area contributed by atoms with Crippen molar-refractivity contribution in [2.45, 2.75) is 49.8 Å². The van der Waals surface area contributed by atoms with Crippen molar-refractivity contribution in [3.63, 3.8) is 0 Å². The molecule has 7 atom stereocenters. The summed E-state index contributed by atoms with van der Waals surface area (Å²) in [7, 11) is 0. The van der Waals surface area contributed by atoms with Crippen LogP contribution in [-0.2, 0) is 28.5 Å². The van der Waals surface area contributed by atoms with Crippen molar-refractivity contribution in [1.29, 1.82) is 0 Å². The maximum Gasteiger partial charge on any atom is 0.378 e. The standard InChI is InChI=1S/C14H20O12/c1-4(16)23-3-5(17)11-10(21)12(13(22)25-11)26-14-9(20)8(19)7(18)6(2-15)24-14/h5-9,11,14-15,17-21H,2-3H2,1H3/t5-,6?,7+,8?,9?,11+,14+/m0/s1. The SMILES string of the molecule is CC(=O)OC[C@H](O)[C@H]1OC(=O)C(O[C@H]2OC(CO)[C@@H](O)C(O)C2O)=C1O. The van der Waals surface area contributed by atoms with E-state index in [4.69, 9.17) is 19.3 Å². The van der Waals surface area contributed by atoms with Gasteiger partial charge >= 0.3 is 11.9 Å². The first-order valence-electron chi connectivity index (χ1n) is 7.60. The van der Waals surface area contributed by atoms with E-state index >= 15 is 0 Å². The lowest BCUT2D eigenvalue weighted by atomic mass is 9.99. The third-order valence-corrected chi connectivity index (χ3v) is 3.81. The molecule has 26 heavy (non-hydrogen) atoms. The highest BCUT2D eigenvalue weighted by Gasteiger charge is 2.48. The summed E-state index contributed by atoms with van der Waals surface area (Å²) in [6.45, 7) is -0.189. The van der Waals surface area contributed by atoms with E-state index in [0.717, 1.165) is 6.92 Å². The van der Waals surface area contributed by atoms with Gasteiger partial charge in [-0.3, -0.25) is 4.79 Å². The highest BCUT2D eigenvalue weighted by atomic mass is 16.7. The zero-order chi connectivity index (χ0) is 19.6. The van der Waals surface area contributed by atoms with E-state index < -0.39 is 79.6 Å². The second-order valence-electron chi connectivity index (χ2n) is 5.73. The van der Waals surface area contributed by atoms with Crippen molar-refractivity contribution in [3.8, 4) is 0 Å². The summed E-state index contributed by atoms with van der Waals surface area (Å²) >= 11 is 0. The van der Waals surface area contributed by atoms with Gasteiger partial charge in [0, 0.05) is 6.92 Å². The number of hydrogen-bond acceptors (Lipinski definition) is 12. The molecule has 12 nitrogen and oxygen atoms in total. The third kappa shape index (κ3) is 4.06. The molecule has 148 valence electrons. The number of hydrogen-bond donors (Lipinski definition) is 6. The quantitative estimate of drug-likeness (QED) is 0.249.